The lowest BCUT2D eigenvalue weighted by Crippen LogP contribution is -2.30. The van der Waals surface area contributed by atoms with Gasteiger partial charge in [-0.15, -0.1) is 12.4 Å². The van der Waals surface area contributed by atoms with E-state index < -0.39 is 0 Å². The molecule has 86 valence electrons. The molecule has 0 saturated heterocycles. The molecule has 0 aliphatic heterocycles. The lowest BCUT2D eigenvalue weighted by molar-refractivity contribution is 0.432. The van der Waals surface area contributed by atoms with E-state index in [-0.39, 0.29) is 12.4 Å². The average molecular weight is 228 g/mol. The van der Waals surface area contributed by atoms with Crippen LogP contribution in [0.1, 0.15) is 45.2 Å². The Balaban J connectivity index is 0.00000196. The average Bonchev–Trinajstić information content (AvgIpc) is 2.26. The Morgan fingerprint density at radius 1 is 1.07 bits per heavy atom. The molecule has 0 spiro atoms. The minimum absolute atomic E-state index is 0. The Labute approximate surface area is 99.7 Å². The van der Waals surface area contributed by atoms with Gasteiger partial charge in [0.2, 0.25) is 0 Å². The maximum Gasteiger partial charge on any atom is 0.0294 e. The smallest absolute Gasteiger partial charge is 0.0294 e. The van der Waals surface area contributed by atoms with Crippen molar-refractivity contribution in [1.82, 2.24) is 5.32 Å². The van der Waals surface area contributed by atoms with E-state index in [1.807, 2.05) is 0 Å². The van der Waals surface area contributed by atoms with E-state index in [1.165, 1.54) is 18.4 Å². The first-order chi connectivity index (χ1) is 6.77. The highest BCUT2D eigenvalue weighted by Gasteiger charge is 2.08. The molecule has 0 radical (unpaired) electrons. The fraction of sp³-hybridized carbons (Fsp3) is 0.538. The summed E-state index contributed by atoms with van der Waals surface area (Å²) in [7, 11) is 0. The monoisotopic (exact) mass is 227 g/mol. The van der Waals surface area contributed by atoms with Crippen molar-refractivity contribution in [2.75, 3.05) is 0 Å². The minimum atomic E-state index is 0. The van der Waals surface area contributed by atoms with Crippen molar-refractivity contribution < 1.29 is 0 Å². The second-order valence-electron chi connectivity index (χ2n) is 3.81. The van der Waals surface area contributed by atoms with Gasteiger partial charge in [-0.2, -0.15) is 0 Å². The summed E-state index contributed by atoms with van der Waals surface area (Å²) < 4.78 is 0. The van der Waals surface area contributed by atoms with Crippen LogP contribution >= 0.6 is 12.4 Å². The Bertz CT molecular complexity index is 244. The Kier molecular flexibility index (Phi) is 7.45. The van der Waals surface area contributed by atoms with Crippen LogP contribution in [-0.2, 0) is 0 Å². The van der Waals surface area contributed by atoms with E-state index in [0.29, 0.717) is 12.1 Å². The van der Waals surface area contributed by atoms with Crippen LogP contribution in [0.3, 0.4) is 0 Å². The van der Waals surface area contributed by atoms with Crippen LogP contribution in [-0.4, -0.2) is 6.04 Å². The van der Waals surface area contributed by atoms with Gasteiger partial charge in [-0.25, -0.2) is 0 Å². The van der Waals surface area contributed by atoms with Gasteiger partial charge in [-0.1, -0.05) is 44.2 Å². The van der Waals surface area contributed by atoms with Crippen LogP contribution in [0.4, 0.5) is 0 Å². The third-order valence-corrected chi connectivity index (χ3v) is 2.77. The third-order valence-electron chi connectivity index (χ3n) is 2.77. The predicted molar refractivity (Wildman–Crippen MR) is 69.6 cm³/mol. The van der Waals surface area contributed by atoms with Crippen LogP contribution < -0.4 is 5.32 Å². The lowest BCUT2D eigenvalue weighted by atomic mass is 10.1. The third kappa shape index (κ3) is 4.67. The van der Waals surface area contributed by atoms with Crippen molar-refractivity contribution in [1.29, 1.82) is 0 Å². The molecule has 1 nitrogen and oxygen atoms in total. The fourth-order valence-electron chi connectivity index (χ4n) is 1.72. The Morgan fingerprint density at radius 3 is 2.07 bits per heavy atom. The molecule has 1 aromatic rings. The number of hydrogen-bond acceptors (Lipinski definition) is 1. The predicted octanol–water partition coefficient (Wildman–Crippen LogP) is 3.95. The quantitative estimate of drug-likeness (QED) is 0.804. The molecule has 0 saturated carbocycles. The van der Waals surface area contributed by atoms with Crippen LogP contribution in [0.5, 0.6) is 0 Å². The molecule has 1 aromatic carbocycles. The molecule has 0 amide bonds. The number of rotatable bonds is 5. The van der Waals surface area contributed by atoms with Crippen molar-refractivity contribution >= 4 is 12.4 Å². The van der Waals surface area contributed by atoms with Gasteiger partial charge in [-0.3, -0.25) is 0 Å². The summed E-state index contributed by atoms with van der Waals surface area (Å²) in [6, 6.07) is 11.7. The van der Waals surface area contributed by atoms with Gasteiger partial charge in [0.1, 0.15) is 0 Å². The molecule has 1 atom stereocenters. The summed E-state index contributed by atoms with van der Waals surface area (Å²) in [5.74, 6) is 0. The Morgan fingerprint density at radius 2 is 1.60 bits per heavy atom. The number of nitrogens with one attached hydrogen (secondary N) is 1. The molecule has 0 aromatic heterocycles. The van der Waals surface area contributed by atoms with Crippen molar-refractivity contribution in [3.63, 3.8) is 0 Å². The van der Waals surface area contributed by atoms with E-state index in [9.17, 15) is 0 Å². The van der Waals surface area contributed by atoms with E-state index in [1.54, 1.807) is 0 Å². The number of halogens is 1. The van der Waals surface area contributed by atoms with E-state index in [0.717, 1.165) is 0 Å². The maximum atomic E-state index is 3.63. The summed E-state index contributed by atoms with van der Waals surface area (Å²) in [4.78, 5) is 0. The molecule has 0 unspecified atom stereocenters. The van der Waals surface area contributed by atoms with Gasteiger partial charge in [0, 0.05) is 12.1 Å². The van der Waals surface area contributed by atoms with Crippen LogP contribution in [0, 0.1) is 0 Å². The highest BCUT2D eigenvalue weighted by Crippen LogP contribution is 2.13. The highest BCUT2D eigenvalue weighted by atomic mass is 35.5. The van der Waals surface area contributed by atoms with E-state index in [4.69, 9.17) is 0 Å². The number of hydrogen-bond donors (Lipinski definition) is 1. The molecular weight excluding hydrogens is 206 g/mol. The molecule has 1 N–H and O–H groups in total. The molecule has 0 aliphatic rings. The SMILES string of the molecule is CCC(CC)N[C@H](C)c1ccccc1.Cl. The first-order valence-corrected chi connectivity index (χ1v) is 5.58. The Hall–Kier alpha value is -0.530. The van der Waals surface area contributed by atoms with Gasteiger partial charge in [0.15, 0.2) is 0 Å². The summed E-state index contributed by atoms with van der Waals surface area (Å²) in [6.07, 6.45) is 2.40. The molecule has 0 heterocycles. The summed E-state index contributed by atoms with van der Waals surface area (Å²) >= 11 is 0. The van der Waals surface area contributed by atoms with Gasteiger partial charge in [0.05, 0.1) is 0 Å². The minimum Gasteiger partial charge on any atom is -0.307 e. The molecule has 0 aliphatic carbocycles. The zero-order chi connectivity index (χ0) is 10.4. The standard InChI is InChI=1S/C13H21N.ClH/c1-4-13(5-2)14-11(3)12-9-7-6-8-10-12;/h6-11,13-14H,4-5H2,1-3H3;1H/t11-;/m1./s1. The van der Waals surface area contributed by atoms with Crippen LogP contribution in [0.15, 0.2) is 30.3 Å². The molecule has 2 heteroatoms. The van der Waals surface area contributed by atoms with E-state index in [2.05, 4.69) is 56.4 Å². The maximum absolute atomic E-state index is 3.63. The van der Waals surface area contributed by atoms with Crippen molar-refractivity contribution in [2.24, 2.45) is 0 Å². The van der Waals surface area contributed by atoms with Gasteiger partial charge in [0.25, 0.3) is 0 Å². The van der Waals surface area contributed by atoms with Gasteiger partial charge in [-0.05, 0) is 25.3 Å². The number of benzene rings is 1. The van der Waals surface area contributed by atoms with Gasteiger partial charge < -0.3 is 5.32 Å². The molecule has 15 heavy (non-hydrogen) atoms. The summed E-state index contributed by atoms with van der Waals surface area (Å²) in [6.45, 7) is 6.70. The molecule has 1 rings (SSSR count). The first kappa shape index (κ1) is 14.5. The van der Waals surface area contributed by atoms with Crippen LogP contribution in [0.25, 0.3) is 0 Å². The lowest BCUT2D eigenvalue weighted by Gasteiger charge is -2.21. The topological polar surface area (TPSA) is 12.0 Å². The van der Waals surface area contributed by atoms with Crippen molar-refractivity contribution in [3.05, 3.63) is 35.9 Å². The second-order valence-corrected chi connectivity index (χ2v) is 3.81. The van der Waals surface area contributed by atoms with Crippen molar-refractivity contribution in [2.45, 2.75) is 45.7 Å². The highest BCUT2D eigenvalue weighted by molar-refractivity contribution is 5.85. The van der Waals surface area contributed by atoms with Crippen LogP contribution in [0.2, 0.25) is 0 Å². The zero-order valence-electron chi connectivity index (χ0n) is 9.86. The normalized spacial score (nSPS) is 12.3. The largest absolute Gasteiger partial charge is 0.307 e. The first-order valence-electron chi connectivity index (χ1n) is 5.58. The van der Waals surface area contributed by atoms with Gasteiger partial charge >= 0.3 is 0 Å². The summed E-state index contributed by atoms with van der Waals surface area (Å²) in [5, 5.41) is 3.63. The fourth-order valence-corrected chi connectivity index (χ4v) is 1.72. The molecular formula is C13H22ClN. The molecule has 0 bridgehead atoms. The van der Waals surface area contributed by atoms with E-state index >= 15 is 0 Å². The summed E-state index contributed by atoms with van der Waals surface area (Å²) in [5.41, 5.74) is 1.37. The second kappa shape index (κ2) is 7.72. The van der Waals surface area contributed by atoms with Crippen molar-refractivity contribution in [3.8, 4) is 0 Å². The molecule has 0 fully saturated rings. The zero-order valence-corrected chi connectivity index (χ0v) is 10.7.